The molecule has 0 aromatic rings. The molecule has 0 aliphatic heterocycles. The summed E-state index contributed by atoms with van der Waals surface area (Å²) in [6, 6.07) is 1.33. The first-order valence-corrected chi connectivity index (χ1v) is 8.38. The van der Waals surface area contributed by atoms with E-state index in [1.165, 1.54) is 25.7 Å². The van der Waals surface area contributed by atoms with Crippen LogP contribution >= 0.6 is 0 Å². The van der Waals surface area contributed by atoms with E-state index in [4.69, 9.17) is 4.74 Å². The maximum absolute atomic E-state index is 5.33. The minimum Gasteiger partial charge on any atom is -0.383 e. The predicted octanol–water partition coefficient (Wildman–Crippen LogP) is 3.29. The van der Waals surface area contributed by atoms with Crippen LogP contribution in [0.5, 0.6) is 0 Å². The van der Waals surface area contributed by atoms with E-state index in [0.717, 1.165) is 25.6 Å². The van der Waals surface area contributed by atoms with Crippen molar-refractivity contribution in [3.8, 4) is 0 Å². The van der Waals surface area contributed by atoms with Crippen molar-refractivity contribution >= 4 is 0 Å². The molecular weight excluding hydrogens is 248 g/mol. The summed E-state index contributed by atoms with van der Waals surface area (Å²) in [6.45, 7) is 14.4. The Bertz CT molecular complexity index is 258. The number of ether oxygens (including phenoxy) is 1. The van der Waals surface area contributed by atoms with Gasteiger partial charge in [0.05, 0.1) is 6.61 Å². The highest BCUT2D eigenvalue weighted by Crippen LogP contribution is 2.36. The predicted molar refractivity (Wildman–Crippen MR) is 87.2 cm³/mol. The maximum atomic E-state index is 5.33. The summed E-state index contributed by atoms with van der Waals surface area (Å²) in [5, 5.41) is 3.70. The monoisotopic (exact) mass is 284 g/mol. The molecule has 1 rings (SSSR count). The summed E-state index contributed by atoms with van der Waals surface area (Å²) in [5.41, 5.74) is 0.196. The molecule has 0 aromatic heterocycles. The van der Waals surface area contributed by atoms with Crippen molar-refractivity contribution in [2.24, 2.45) is 5.92 Å². The van der Waals surface area contributed by atoms with Crippen LogP contribution in [0.15, 0.2) is 0 Å². The summed E-state index contributed by atoms with van der Waals surface area (Å²) in [6.07, 6.45) is 5.34. The van der Waals surface area contributed by atoms with Crippen LogP contribution in [-0.4, -0.2) is 49.3 Å². The van der Waals surface area contributed by atoms with Gasteiger partial charge in [0.25, 0.3) is 0 Å². The Hall–Kier alpha value is -0.120. The van der Waals surface area contributed by atoms with Crippen molar-refractivity contribution in [1.82, 2.24) is 10.2 Å². The van der Waals surface area contributed by atoms with Crippen LogP contribution in [0.4, 0.5) is 0 Å². The van der Waals surface area contributed by atoms with Crippen molar-refractivity contribution in [3.63, 3.8) is 0 Å². The van der Waals surface area contributed by atoms with Crippen LogP contribution in [0.1, 0.15) is 60.3 Å². The number of hydrogen-bond donors (Lipinski definition) is 1. The normalized spacial score (nSPS) is 19.4. The third kappa shape index (κ3) is 6.55. The van der Waals surface area contributed by atoms with E-state index in [9.17, 15) is 0 Å². The fourth-order valence-corrected chi connectivity index (χ4v) is 2.91. The van der Waals surface area contributed by atoms with E-state index < -0.39 is 0 Å². The Balaban J connectivity index is 2.63. The summed E-state index contributed by atoms with van der Waals surface area (Å²) < 4.78 is 5.33. The second-order valence-electron chi connectivity index (χ2n) is 7.38. The molecule has 120 valence electrons. The molecule has 1 fully saturated rings. The molecular formula is C17H36N2O. The molecule has 0 spiro atoms. The maximum Gasteiger partial charge on any atom is 0.0589 e. The molecule has 1 N–H and O–H groups in total. The van der Waals surface area contributed by atoms with Crippen molar-refractivity contribution in [1.29, 1.82) is 0 Å². The third-order valence-corrected chi connectivity index (χ3v) is 4.34. The van der Waals surface area contributed by atoms with E-state index in [0.29, 0.717) is 12.1 Å². The van der Waals surface area contributed by atoms with Gasteiger partial charge >= 0.3 is 0 Å². The van der Waals surface area contributed by atoms with Crippen molar-refractivity contribution in [2.75, 3.05) is 26.8 Å². The Morgan fingerprint density at radius 2 is 1.95 bits per heavy atom. The fraction of sp³-hybridized carbons (Fsp3) is 1.00. The first-order chi connectivity index (χ1) is 9.39. The highest BCUT2D eigenvalue weighted by atomic mass is 16.5. The van der Waals surface area contributed by atoms with Gasteiger partial charge in [0.1, 0.15) is 0 Å². The summed E-state index contributed by atoms with van der Waals surface area (Å²) >= 11 is 0. The Labute approximate surface area is 126 Å². The van der Waals surface area contributed by atoms with Gasteiger partial charge < -0.3 is 10.1 Å². The first kappa shape index (κ1) is 17.9. The molecule has 1 saturated carbocycles. The molecule has 2 unspecified atom stereocenters. The second-order valence-corrected chi connectivity index (χ2v) is 7.38. The molecule has 1 aliphatic rings. The Kier molecular flexibility index (Phi) is 7.49. The topological polar surface area (TPSA) is 24.5 Å². The van der Waals surface area contributed by atoms with Crippen molar-refractivity contribution < 1.29 is 4.74 Å². The Morgan fingerprint density at radius 1 is 1.30 bits per heavy atom. The van der Waals surface area contributed by atoms with Gasteiger partial charge in [-0.15, -0.1) is 0 Å². The third-order valence-electron chi connectivity index (χ3n) is 4.34. The molecule has 3 heteroatoms. The van der Waals surface area contributed by atoms with Gasteiger partial charge in [-0.05, 0) is 52.9 Å². The van der Waals surface area contributed by atoms with E-state index in [1.807, 2.05) is 7.11 Å². The van der Waals surface area contributed by atoms with E-state index in [-0.39, 0.29) is 5.54 Å². The zero-order valence-corrected chi connectivity index (χ0v) is 14.5. The zero-order chi connectivity index (χ0) is 15.2. The average Bonchev–Trinajstić information content (AvgIpc) is 3.19. The molecule has 0 amide bonds. The summed E-state index contributed by atoms with van der Waals surface area (Å²) in [5.74, 6) is 0.917. The Morgan fingerprint density at radius 3 is 2.40 bits per heavy atom. The van der Waals surface area contributed by atoms with Gasteiger partial charge in [-0.3, -0.25) is 4.90 Å². The summed E-state index contributed by atoms with van der Waals surface area (Å²) in [7, 11) is 1.81. The molecule has 0 bridgehead atoms. The van der Waals surface area contributed by atoms with Gasteiger partial charge in [-0.25, -0.2) is 0 Å². The minimum absolute atomic E-state index is 0.196. The van der Waals surface area contributed by atoms with Crippen LogP contribution in [0, 0.1) is 5.92 Å². The lowest BCUT2D eigenvalue weighted by Crippen LogP contribution is -2.51. The van der Waals surface area contributed by atoms with Crippen LogP contribution in [0.25, 0.3) is 0 Å². The van der Waals surface area contributed by atoms with Crippen molar-refractivity contribution in [2.45, 2.75) is 77.9 Å². The van der Waals surface area contributed by atoms with Crippen LogP contribution in [0.3, 0.4) is 0 Å². The molecule has 2 atom stereocenters. The van der Waals surface area contributed by atoms with Gasteiger partial charge in [-0.1, -0.05) is 13.3 Å². The van der Waals surface area contributed by atoms with E-state index >= 15 is 0 Å². The quantitative estimate of drug-likeness (QED) is 0.666. The molecule has 1 aliphatic carbocycles. The molecule has 3 nitrogen and oxygen atoms in total. The zero-order valence-electron chi connectivity index (χ0n) is 14.5. The van der Waals surface area contributed by atoms with Crippen molar-refractivity contribution in [3.05, 3.63) is 0 Å². The second kappa shape index (κ2) is 8.35. The molecule has 20 heavy (non-hydrogen) atoms. The lowest BCUT2D eigenvalue weighted by Gasteiger charge is -2.38. The van der Waals surface area contributed by atoms with Crippen LogP contribution < -0.4 is 5.32 Å². The standard InChI is InChI=1S/C17H36N2O/c1-7-8-16(13-18-17(3,4)5)19(11-12-20-6)14(2)15-9-10-15/h14-16,18H,7-13H2,1-6H3. The number of methoxy groups -OCH3 is 1. The fourth-order valence-electron chi connectivity index (χ4n) is 2.91. The van der Waals surface area contributed by atoms with Crippen LogP contribution in [0.2, 0.25) is 0 Å². The van der Waals surface area contributed by atoms with Gasteiger partial charge in [-0.2, -0.15) is 0 Å². The molecule has 0 saturated heterocycles. The highest BCUT2D eigenvalue weighted by Gasteiger charge is 2.34. The molecule has 0 radical (unpaired) electrons. The lowest BCUT2D eigenvalue weighted by atomic mass is 10.0. The lowest BCUT2D eigenvalue weighted by molar-refractivity contribution is 0.0736. The number of nitrogens with one attached hydrogen (secondary N) is 1. The van der Waals surface area contributed by atoms with Crippen LogP contribution in [-0.2, 0) is 4.74 Å². The minimum atomic E-state index is 0.196. The largest absolute Gasteiger partial charge is 0.383 e. The average molecular weight is 284 g/mol. The van der Waals surface area contributed by atoms with E-state index in [2.05, 4.69) is 44.8 Å². The molecule has 0 heterocycles. The van der Waals surface area contributed by atoms with E-state index in [1.54, 1.807) is 0 Å². The SMILES string of the molecule is CCCC(CNC(C)(C)C)N(CCOC)C(C)C1CC1. The van der Waals surface area contributed by atoms with Gasteiger partial charge in [0.15, 0.2) is 0 Å². The number of rotatable bonds is 10. The summed E-state index contributed by atoms with van der Waals surface area (Å²) in [4.78, 5) is 2.70. The first-order valence-electron chi connectivity index (χ1n) is 8.38. The van der Waals surface area contributed by atoms with Gasteiger partial charge in [0.2, 0.25) is 0 Å². The highest BCUT2D eigenvalue weighted by molar-refractivity contribution is 4.89. The smallest absolute Gasteiger partial charge is 0.0589 e. The van der Waals surface area contributed by atoms with Gasteiger partial charge in [0, 0.05) is 37.8 Å². The number of nitrogens with zero attached hydrogens (tertiary/aromatic N) is 1. The number of hydrogen-bond acceptors (Lipinski definition) is 3. The molecule has 0 aromatic carbocycles.